The van der Waals surface area contributed by atoms with Crippen LogP contribution in [-0.4, -0.2) is 27.3 Å². The molecule has 1 rings (SSSR count). The number of hydrogen-bond acceptors (Lipinski definition) is 4. The number of aldehydes is 1. The predicted octanol–water partition coefficient (Wildman–Crippen LogP) is 1.90. The van der Waals surface area contributed by atoms with Crippen molar-refractivity contribution in [3.8, 4) is 0 Å². The zero-order chi connectivity index (χ0) is 9.68. The van der Waals surface area contributed by atoms with Crippen LogP contribution in [0.15, 0.2) is 22.0 Å². The molecule has 0 aliphatic heterocycles. The van der Waals surface area contributed by atoms with E-state index in [1.54, 1.807) is 0 Å². The van der Waals surface area contributed by atoms with Crippen LogP contribution in [0.1, 0.15) is 0 Å². The number of rotatable bonds is 3. The van der Waals surface area contributed by atoms with Crippen molar-refractivity contribution in [3.05, 3.63) is 17.0 Å². The molecule has 1 unspecified atom stereocenters. The monoisotopic (exact) mass is 305 g/mol. The Morgan fingerprint density at radius 1 is 1.46 bits per heavy atom. The van der Waals surface area contributed by atoms with Gasteiger partial charge in [-0.3, -0.25) is 0 Å². The zero-order valence-electron chi connectivity index (χ0n) is 6.39. The lowest BCUT2D eigenvalue weighted by Gasteiger charge is -1.92. The van der Waals surface area contributed by atoms with Gasteiger partial charge in [0, 0.05) is 6.21 Å². The number of alkyl halides is 1. The van der Waals surface area contributed by atoms with Crippen LogP contribution in [0.2, 0.25) is 0 Å². The van der Waals surface area contributed by atoms with Crippen molar-refractivity contribution >= 4 is 50.2 Å². The average Bonchev–Trinajstić information content (AvgIpc) is 2.16. The number of halogens is 2. The molecular weight excluding hydrogens is 302 g/mol. The lowest BCUT2D eigenvalue weighted by atomic mass is 10.5. The van der Waals surface area contributed by atoms with E-state index in [2.05, 4.69) is 46.8 Å². The quantitative estimate of drug-likeness (QED) is 0.487. The predicted molar refractivity (Wildman–Crippen MR) is 56.7 cm³/mol. The molecule has 6 heteroatoms. The van der Waals surface area contributed by atoms with Crippen LogP contribution in [0.25, 0.3) is 0 Å². The minimum atomic E-state index is -0.377. The van der Waals surface area contributed by atoms with Crippen LogP contribution in [0.5, 0.6) is 0 Å². The third-order valence-corrected chi connectivity index (χ3v) is 1.95. The summed E-state index contributed by atoms with van der Waals surface area (Å²) >= 11 is 6.22. The molecule has 4 nitrogen and oxygen atoms in total. The first-order valence-corrected chi connectivity index (χ1v) is 5.04. The van der Waals surface area contributed by atoms with Crippen LogP contribution in [0.3, 0.4) is 0 Å². The maximum atomic E-state index is 10.2. The van der Waals surface area contributed by atoms with E-state index in [0.29, 0.717) is 10.4 Å². The average molecular weight is 307 g/mol. The SMILES string of the molecule is O=CC(Br)C=Nc1cnc(Br)cn1. The molecule has 1 aromatic rings. The van der Waals surface area contributed by atoms with Gasteiger partial charge in [-0.2, -0.15) is 0 Å². The summed E-state index contributed by atoms with van der Waals surface area (Å²) in [5, 5.41) is 0. The molecule has 0 bridgehead atoms. The van der Waals surface area contributed by atoms with Crippen LogP contribution >= 0.6 is 31.9 Å². The Labute approximate surface area is 91.8 Å². The van der Waals surface area contributed by atoms with E-state index in [9.17, 15) is 4.79 Å². The van der Waals surface area contributed by atoms with Crippen molar-refractivity contribution in [2.24, 2.45) is 4.99 Å². The highest BCUT2D eigenvalue weighted by Crippen LogP contribution is 2.08. The molecule has 0 radical (unpaired) electrons. The number of aliphatic imine (C=N–C) groups is 1. The fraction of sp³-hybridized carbons (Fsp3) is 0.143. The maximum absolute atomic E-state index is 10.2. The molecule has 0 amide bonds. The third kappa shape index (κ3) is 3.73. The fourth-order valence-corrected chi connectivity index (χ4v) is 0.878. The van der Waals surface area contributed by atoms with Crippen molar-refractivity contribution < 1.29 is 4.79 Å². The highest BCUT2D eigenvalue weighted by atomic mass is 79.9. The number of carbonyl (C=O) groups is 1. The second kappa shape index (κ2) is 5.18. The zero-order valence-corrected chi connectivity index (χ0v) is 9.56. The molecule has 0 saturated heterocycles. The molecule has 1 heterocycles. The van der Waals surface area contributed by atoms with Gasteiger partial charge in [0.2, 0.25) is 0 Å². The topological polar surface area (TPSA) is 55.2 Å². The van der Waals surface area contributed by atoms with Gasteiger partial charge < -0.3 is 4.79 Å². The first-order valence-electron chi connectivity index (χ1n) is 3.33. The Morgan fingerprint density at radius 3 is 2.77 bits per heavy atom. The Morgan fingerprint density at radius 2 is 2.23 bits per heavy atom. The van der Waals surface area contributed by atoms with Crippen LogP contribution in [0, 0.1) is 0 Å². The molecule has 0 saturated carbocycles. The van der Waals surface area contributed by atoms with E-state index in [0.717, 1.165) is 6.29 Å². The molecule has 0 fully saturated rings. The lowest BCUT2D eigenvalue weighted by Crippen LogP contribution is -1.99. The summed E-state index contributed by atoms with van der Waals surface area (Å²) in [5.74, 6) is 0.467. The maximum Gasteiger partial charge on any atom is 0.170 e. The molecule has 1 atom stereocenters. The van der Waals surface area contributed by atoms with E-state index < -0.39 is 0 Å². The molecule has 0 N–H and O–H groups in total. The van der Waals surface area contributed by atoms with E-state index >= 15 is 0 Å². The second-order valence-electron chi connectivity index (χ2n) is 2.06. The summed E-state index contributed by atoms with van der Waals surface area (Å²) in [5.41, 5.74) is 0. The fourth-order valence-electron chi connectivity index (χ4n) is 0.555. The molecule has 0 aliphatic rings. The van der Waals surface area contributed by atoms with E-state index in [1.165, 1.54) is 18.6 Å². The number of carbonyl (C=O) groups excluding carboxylic acids is 1. The lowest BCUT2D eigenvalue weighted by molar-refractivity contribution is -0.106. The standard InChI is InChI=1S/C7H5Br2N3O/c8-5(4-13)1-11-7-3-10-6(9)2-12-7/h1-5H. The number of hydrogen-bond donors (Lipinski definition) is 0. The summed E-state index contributed by atoms with van der Waals surface area (Å²) in [7, 11) is 0. The van der Waals surface area contributed by atoms with Gasteiger partial charge in [-0.25, -0.2) is 15.0 Å². The first kappa shape index (κ1) is 10.5. The molecule has 0 aromatic carbocycles. The number of aromatic nitrogens is 2. The van der Waals surface area contributed by atoms with E-state index in [4.69, 9.17) is 0 Å². The van der Waals surface area contributed by atoms with Gasteiger partial charge in [0.05, 0.1) is 12.4 Å². The third-order valence-electron chi connectivity index (χ3n) is 1.09. The normalized spacial score (nSPS) is 13.1. The van der Waals surface area contributed by atoms with Gasteiger partial charge in [0.1, 0.15) is 15.7 Å². The first-order chi connectivity index (χ1) is 6.22. The Balaban J connectivity index is 2.69. The molecule has 1 aromatic heterocycles. The van der Waals surface area contributed by atoms with E-state index in [-0.39, 0.29) is 4.83 Å². The van der Waals surface area contributed by atoms with E-state index in [1.807, 2.05) is 0 Å². The Kier molecular flexibility index (Phi) is 4.17. The van der Waals surface area contributed by atoms with Gasteiger partial charge in [0.15, 0.2) is 5.82 Å². The Hall–Kier alpha value is -0.620. The summed E-state index contributed by atoms with van der Waals surface area (Å²) < 4.78 is 0.650. The largest absolute Gasteiger partial charge is 0.302 e. The Bertz CT molecular complexity index is 312. The summed E-state index contributed by atoms with van der Waals surface area (Å²) in [6.07, 6.45) is 5.22. The second-order valence-corrected chi connectivity index (χ2v) is 3.93. The van der Waals surface area contributed by atoms with Crippen molar-refractivity contribution in [1.29, 1.82) is 0 Å². The van der Waals surface area contributed by atoms with Gasteiger partial charge in [-0.15, -0.1) is 0 Å². The highest BCUT2D eigenvalue weighted by molar-refractivity contribution is 9.10. The molecule has 0 spiro atoms. The number of nitrogens with zero attached hydrogens (tertiary/aromatic N) is 3. The van der Waals surface area contributed by atoms with Gasteiger partial charge in [-0.05, 0) is 15.9 Å². The van der Waals surface area contributed by atoms with Gasteiger partial charge >= 0.3 is 0 Å². The smallest absolute Gasteiger partial charge is 0.170 e. The minimum absolute atomic E-state index is 0.377. The summed E-state index contributed by atoms with van der Waals surface area (Å²) in [6.45, 7) is 0. The summed E-state index contributed by atoms with van der Waals surface area (Å²) in [6, 6.07) is 0. The van der Waals surface area contributed by atoms with Crippen molar-refractivity contribution in [1.82, 2.24) is 9.97 Å². The summed E-state index contributed by atoms with van der Waals surface area (Å²) in [4.78, 5) is 21.6. The van der Waals surface area contributed by atoms with Crippen molar-refractivity contribution in [3.63, 3.8) is 0 Å². The molecular formula is C7H5Br2N3O. The highest BCUT2D eigenvalue weighted by Gasteiger charge is 1.96. The van der Waals surface area contributed by atoms with Crippen molar-refractivity contribution in [2.75, 3.05) is 0 Å². The molecule has 68 valence electrons. The minimum Gasteiger partial charge on any atom is -0.302 e. The molecule has 0 aliphatic carbocycles. The van der Waals surface area contributed by atoms with Crippen LogP contribution < -0.4 is 0 Å². The van der Waals surface area contributed by atoms with Crippen LogP contribution in [0.4, 0.5) is 5.82 Å². The van der Waals surface area contributed by atoms with Crippen molar-refractivity contribution in [2.45, 2.75) is 4.83 Å². The van der Waals surface area contributed by atoms with Gasteiger partial charge in [0.25, 0.3) is 0 Å². The van der Waals surface area contributed by atoms with Gasteiger partial charge in [-0.1, -0.05) is 15.9 Å². The van der Waals surface area contributed by atoms with Crippen LogP contribution in [-0.2, 0) is 4.79 Å². The molecule has 13 heavy (non-hydrogen) atoms.